The molecule has 0 fully saturated rings. The Bertz CT molecular complexity index is 499. The summed E-state index contributed by atoms with van der Waals surface area (Å²) in [5, 5.41) is 4.35. The van der Waals surface area contributed by atoms with Crippen molar-refractivity contribution >= 4 is 5.69 Å². The Morgan fingerprint density at radius 2 is 2.07 bits per heavy atom. The predicted octanol–water partition coefficient (Wildman–Crippen LogP) is 1.68. The molecule has 78 valence electrons. The van der Waals surface area contributed by atoms with Gasteiger partial charge in [0, 0.05) is 30.2 Å². The number of nitrogen functional groups attached to an aromatic ring is 1. The number of nitrogens with two attached hydrogens (primary N) is 1. The average molecular weight is 202 g/mol. The number of aromatic nitrogens is 3. The molecule has 0 amide bonds. The number of hydrogen-bond donors (Lipinski definition) is 1. The molecule has 0 radical (unpaired) electrons. The topological polar surface area (TPSA) is 56.7 Å². The first-order valence-corrected chi connectivity index (χ1v) is 4.81. The van der Waals surface area contributed by atoms with Crippen molar-refractivity contribution in [1.29, 1.82) is 0 Å². The lowest BCUT2D eigenvalue weighted by Gasteiger charge is -2.02. The van der Waals surface area contributed by atoms with Crippen molar-refractivity contribution in [2.75, 3.05) is 5.73 Å². The third-order valence-electron chi connectivity index (χ3n) is 2.55. The fraction of sp³-hybridized carbons (Fsp3) is 0.273. The maximum atomic E-state index is 5.74. The van der Waals surface area contributed by atoms with Gasteiger partial charge in [-0.1, -0.05) is 0 Å². The Morgan fingerprint density at radius 3 is 2.60 bits per heavy atom. The van der Waals surface area contributed by atoms with Crippen LogP contribution in [0.3, 0.4) is 0 Å². The lowest BCUT2D eigenvalue weighted by atomic mass is 10.1. The molecular formula is C11H14N4. The van der Waals surface area contributed by atoms with Crippen molar-refractivity contribution < 1.29 is 0 Å². The van der Waals surface area contributed by atoms with Gasteiger partial charge in [-0.25, -0.2) is 0 Å². The highest BCUT2D eigenvalue weighted by molar-refractivity contribution is 5.67. The third-order valence-corrected chi connectivity index (χ3v) is 2.55. The Balaban J connectivity index is 2.63. The molecule has 0 bridgehead atoms. The van der Waals surface area contributed by atoms with Crippen LogP contribution >= 0.6 is 0 Å². The normalized spacial score (nSPS) is 10.6. The van der Waals surface area contributed by atoms with E-state index in [1.165, 1.54) is 0 Å². The van der Waals surface area contributed by atoms with E-state index in [2.05, 4.69) is 10.1 Å². The van der Waals surface area contributed by atoms with E-state index in [1.807, 2.05) is 31.6 Å². The van der Waals surface area contributed by atoms with Gasteiger partial charge in [0.1, 0.15) is 0 Å². The van der Waals surface area contributed by atoms with E-state index in [9.17, 15) is 0 Å². The van der Waals surface area contributed by atoms with Crippen molar-refractivity contribution in [3.05, 3.63) is 29.7 Å². The lowest BCUT2D eigenvalue weighted by Crippen LogP contribution is -1.93. The van der Waals surface area contributed by atoms with E-state index in [1.54, 1.807) is 12.3 Å². The number of pyridine rings is 1. The molecule has 0 aliphatic carbocycles. The van der Waals surface area contributed by atoms with Gasteiger partial charge in [-0.3, -0.25) is 9.67 Å². The van der Waals surface area contributed by atoms with Crippen LogP contribution in [0.1, 0.15) is 11.4 Å². The smallest absolute Gasteiger partial charge is 0.0759 e. The Hall–Kier alpha value is -1.84. The fourth-order valence-corrected chi connectivity index (χ4v) is 1.73. The highest BCUT2D eigenvalue weighted by Crippen LogP contribution is 2.25. The van der Waals surface area contributed by atoms with E-state index in [0.717, 1.165) is 28.3 Å². The van der Waals surface area contributed by atoms with Crippen LogP contribution in [0.15, 0.2) is 18.3 Å². The first-order chi connectivity index (χ1) is 7.09. The van der Waals surface area contributed by atoms with Gasteiger partial charge < -0.3 is 5.73 Å². The molecule has 2 rings (SSSR count). The molecule has 15 heavy (non-hydrogen) atoms. The maximum Gasteiger partial charge on any atom is 0.0759 e. The highest BCUT2D eigenvalue weighted by Gasteiger charge is 2.12. The van der Waals surface area contributed by atoms with Crippen LogP contribution in [0.5, 0.6) is 0 Å². The van der Waals surface area contributed by atoms with E-state index in [4.69, 9.17) is 5.73 Å². The molecule has 2 N–H and O–H groups in total. The van der Waals surface area contributed by atoms with Gasteiger partial charge in [-0.05, 0) is 26.0 Å². The molecule has 0 unspecified atom stereocenters. The van der Waals surface area contributed by atoms with E-state index in [0.29, 0.717) is 0 Å². The first-order valence-electron chi connectivity index (χ1n) is 4.81. The Morgan fingerprint density at radius 1 is 1.33 bits per heavy atom. The molecule has 0 spiro atoms. The second-order valence-electron chi connectivity index (χ2n) is 3.64. The second-order valence-corrected chi connectivity index (χ2v) is 3.64. The van der Waals surface area contributed by atoms with Crippen LogP contribution in [0.25, 0.3) is 11.3 Å². The monoisotopic (exact) mass is 202 g/mol. The van der Waals surface area contributed by atoms with Crippen LogP contribution in [0.2, 0.25) is 0 Å². The van der Waals surface area contributed by atoms with Gasteiger partial charge >= 0.3 is 0 Å². The maximum absolute atomic E-state index is 5.74. The molecule has 2 aromatic rings. The Labute approximate surface area is 88.8 Å². The van der Waals surface area contributed by atoms with Crippen LogP contribution in [0, 0.1) is 13.8 Å². The number of hydrogen-bond acceptors (Lipinski definition) is 3. The average Bonchev–Trinajstić information content (AvgIpc) is 2.41. The molecule has 4 nitrogen and oxygen atoms in total. The summed E-state index contributed by atoms with van der Waals surface area (Å²) >= 11 is 0. The van der Waals surface area contributed by atoms with Gasteiger partial charge in [0.15, 0.2) is 0 Å². The number of aryl methyl sites for hydroxylation is 2. The number of nitrogens with zero attached hydrogens (tertiary/aromatic N) is 3. The van der Waals surface area contributed by atoms with Gasteiger partial charge in [-0.15, -0.1) is 0 Å². The summed E-state index contributed by atoms with van der Waals surface area (Å²) in [6, 6.07) is 3.65. The summed E-state index contributed by atoms with van der Waals surface area (Å²) in [7, 11) is 1.93. The predicted molar refractivity (Wildman–Crippen MR) is 60.3 cm³/mol. The van der Waals surface area contributed by atoms with Crippen molar-refractivity contribution in [3.8, 4) is 11.3 Å². The standard InChI is InChI=1S/C11H14N4/c1-7-11(8(2)15(3)14-7)10-6-9(12)4-5-13-10/h4-6H,1-3H3,(H2,12,13). The van der Waals surface area contributed by atoms with Crippen molar-refractivity contribution in [2.45, 2.75) is 13.8 Å². The largest absolute Gasteiger partial charge is 0.399 e. The van der Waals surface area contributed by atoms with Gasteiger partial charge in [-0.2, -0.15) is 5.10 Å². The molecule has 2 aromatic heterocycles. The summed E-state index contributed by atoms with van der Waals surface area (Å²) in [5.74, 6) is 0. The minimum absolute atomic E-state index is 0.725. The van der Waals surface area contributed by atoms with Crippen LogP contribution < -0.4 is 5.73 Å². The lowest BCUT2D eigenvalue weighted by molar-refractivity contribution is 0.731. The molecule has 0 saturated carbocycles. The van der Waals surface area contributed by atoms with Gasteiger partial charge in [0.2, 0.25) is 0 Å². The molecule has 0 aliphatic heterocycles. The SMILES string of the molecule is Cc1nn(C)c(C)c1-c1cc(N)ccn1. The minimum Gasteiger partial charge on any atom is -0.399 e. The fourth-order valence-electron chi connectivity index (χ4n) is 1.73. The first kappa shape index (κ1) is 9.71. The van der Waals surface area contributed by atoms with Crippen molar-refractivity contribution in [3.63, 3.8) is 0 Å². The molecule has 0 aromatic carbocycles. The summed E-state index contributed by atoms with van der Waals surface area (Å²) in [6.07, 6.45) is 1.72. The van der Waals surface area contributed by atoms with Crippen molar-refractivity contribution in [1.82, 2.24) is 14.8 Å². The van der Waals surface area contributed by atoms with Crippen LogP contribution in [-0.2, 0) is 7.05 Å². The van der Waals surface area contributed by atoms with E-state index in [-0.39, 0.29) is 0 Å². The third kappa shape index (κ3) is 1.58. The van der Waals surface area contributed by atoms with Crippen molar-refractivity contribution in [2.24, 2.45) is 7.05 Å². The van der Waals surface area contributed by atoms with Gasteiger partial charge in [0.25, 0.3) is 0 Å². The zero-order valence-corrected chi connectivity index (χ0v) is 9.15. The number of rotatable bonds is 1. The summed E-state index contributed by atoms with van der Waals surface area (Å²) in [5.41, 5.74) is 10.5. The molecular weight excluding hydrogens is 188 g/mol. The van der Waals surface area contributed by atoms with E-state index >= 15 is 0 Å². The molecule has 2 heterocycles. The van der Waals surface area contributed by atoms with Crippen LogP contribution in [0.4, 0.5) is 5.69 Å². The van der Waals surface area contributed by atoms with Gasteiger partial charge in [0.05, 0.1) is 11.4 Å². The zero-order valence-electron chi connectivity index (χ0n) is 9.15. The van der Waals surface area contributed by atoms with Crippen LogP contribution in [-0.4, -0.2) is 14.8 Å². The second kappa shape index (κ2) is 3.38. The molecule has 0 saturated heterocycles. The van der Waals surface area contributed by atoms with E-state index < -0.39 is 0 Å². The number of anilines is 1. The summed E-state index contributed by atoms with van der Waals surface area (Å²) in [4.78, 5) is 4.31. The minimum atomic E-state index is 0.725. The summed E-state index contributed by atoms with van der Waals surface area (Å²) < 4.78 is 1.86. The summed E-state index contributed by atoms with van der Waals surface area (Å²) in [6.45, 7) is 4.01. The molecule has 0 aliphatic rings. The highest BCUT2D eigenvalue weighted by atomic mass is 15.3. The molecule has 0 atom stereocenters. The Kier molecular flexibility index (Phi) is 2.19. The molecule has 4 heteroatoms. The zero-order chi connectivity index (χ0) is 11.0. The quantitative estimate of drug-likeness (QED) is 0.765.